The fourth-order valence-corrected chi connectivity index (χ4v) is 3.58. The topological polar surface area (TPSA) is 88.9 Å². The third-order valence-corrected chi connectivity index (χ3v) is 5.86. The lowest BCUT2D eigenvalue weighted by molar-refractivity contribution is -0.116. The van der Waals surface area contributed by atoms with Crippen LogP contribution in [0.2, 0.25) is 5.02 Å². The highest BCUT2D eigenvalue weighted by Crippen LogP contribution is 2.21. The molecule has 0 saturated carbocycles. The summed E-state index contributed by atoms with van der Waals surface area (Å²) >= 11 is 7.32. The Morgan fingerprint density at radius 3 is 2.53 bits per heavy atom. The van der Waals surface area contributed by atoms with Gasteiger partial charge in [-0.15, -0.1) is 10.2 Å². The predicted molar refractivity (Wildman–Crippen MR) is 120 cm³/mol. The van der Waals surface area contributed by atoms with Crippen LogP contribution in [0.25, 0.3) is 0 Å². The van der Waals surface area contributed by atoms with Crippen LogP contribution in [0.5, 0.6) is 0 Å². The van der Waals surface area contributed by atoms with Crippen LogP contribution in [0.15, 0.2) is 47.6 Å². The van der Waals surface area contributed by atoms with Crippen molar-refractivity contribution in [2.75, 3.05) is 16.4 Å². The Morgan fingerprint density at radius 1 is 1.03 bits per heavy atom. The van der Waals surface area contributed by atoms with Crippen LogP contribution in [0.1, 0.15) is 17.0 Å². The lowest BCUT2D eigenvalue weighted by atomic mass is 10.1. The van der Waals surface area contributed by atoms with Crippen LogP contribution < -0.4 is 10.6 Å². The van der Waals surface area contributed by atoms with Crippen LogP contribution in [0.4, 0.5) is 11.4 Å². The lowest BCUT2D eigenvalue weighted by Crippen LogP contribution is -2.17. The molecule has 0 radical (unpaired) electrons. The Morgan fingerprint density at radius 2 is 1.80 bits per heavy atom. The van der Waals surface area contributed by atoms with E-state index in [0.717, 1.165) is 11.3 Å². The molecule has 1 heterocycles. The number of hydrogen-bond donors (Lipinski definition) is 2. The van der Waals surface area contributed by atoms with Gasteiger partial charge in [0.1, 0.15) is 5.82 Å². The fraction of sp³-hybridized carbons (Fsp3) is 0.238. The molecule has 30 heavy (non-hydrogen) atoms. The van der Waals surface area contributed by atoms with Crippen LogP contribution in [0, 0.1) is 13.8 Å². The van der Waals surface area contributed by atoms with E-state index < -0.39 is 0 Å². The van der Waals surface area contributed by atoms with E-state index in [-0.39, 0.29) is 24.0 Å². The Labute approximate surface area is 184 Å². The summed E-state index contributed by atoms with van der Waals surface area (Å²) in [7, 11) is 1.77. The second-order valence-electron chi connectivity index (χ2n) is 6.80. The van der Waals surface area contributed by atoms with Gasteiger partial charge in [-0.2, -0.15) is 0 Å². The van der Waals surface area contributed by atoms with Crippen molar-refractivity contribution < 1.29 is 9.59 Å². The molecule has 3 aromatic rings. The number of amides is 2. The van der Waals surface area contributed by atoms with Crippen molar-refractivity contribution >= 4 is 46.6 Å². The number of thioether (sulfide) groups is 1. The highest BCUT2D eigenvalue weighted by Gasteiger charge is 2.15. The average Bonchev–Trinajstić information content (AvgIpc) is 3.04. The maximum absolute atomic E-state index is 12.3. The maximum Gasteiger partial charge on any atom is 0.234 e. The van der Waals surface area contributed by atoms with Gasteiger partial charge in [0, 0.05) is 12.7 Å². The van der Waals surface area contributed by atoms with Crippen molar-refractivity contribution in [3.63, 3.8) is 0 Å². The lowest BCUT2D eigenvalue weighted by Gasteiger charge is -2.08. The number of nitrogens with one attached hydrogen (secondary N) is 2. The predicted octanol–water partition coefficient (Wildman–Crippen LogP) is 4.00. The molecule has 0 atom stereocenters. The van der Waals surface area contributed by atoms with Crippen LogP contribution >= 0.6 is 23.4 Å². The highest BCUT2D eigenvalue weighted by molar-refractivity contribution is 7.99. The largest absolute Gasteiger partial charge is 0.325 e. The second kappa shape index (κ2) is 9.77. The first kappa shape index (κ1) is 21.9. The molecule has 0 unspecified atom stereocenters. The number of benzene rings is 2. The van der Waals surface area contributed by atoms with Crippen LogP contribution in [-0.2, 0) is 23.1 Å². The molecule has 0 aliphatic rings. The molecule has 9 heteroatoms. The zero-order valence-electron chi connectivity index (χ0n) is 16.9. The van der Waals surface area contributed by atoms with Crippen molar-refractivity contribution in [1.29, 1.82) is 0 Å². The SMILES string of the molecule is Cc1ccc(NC(=O)CSc2nnc(CC(=O)Nc3ccccc3Cl)n2C)cc1C. The number of carbonyl (C=O) groups is 2. The molecule has 156 valence electrons. The Balaban J connectivity index is 1.54. The van der Waals surface area contributed by atoms with E-state index in [2.05, 4.69) is 20.8 Å². The molecule has 0 aliphatic carbocycles. The Kier molecular flexibility index (Phi) is 7.12. The summed E-state index contributed by atoms with van der Waals surface area (Å²) < 4.78 is 1.71. The normalized spacial score (nSPS) is 10.7. The van der Waals surface area contributed by atoms with Crippen molar-refractivity contribution in [2.24, 2.45) is 7.05 Å². The summed E-state index contributed by atoms with van der Waals surface area (Å²) in [6, 6.07) is 12.8. The smallest absolute Gasteiger partial charge is 0.234 e. The van der Waals surface area contributed by atoms with Crippen molar-refractivity contribution in [3.05, 3.63) is 64.4 Å². The molecule has 7 nitrogen and oxygen atoms in total. The first-order valence-electron chi connectivity index (χ1n) is 9.26. The highest BCUT2D eigenvalue weighted by atomic mass is 35.5. The summed E-state index contributed by atoms with van der Waals surface area (Å²) in [5, 5.41) is 14.8. The van der Waals surface area contributed by atoms with Gasteiger partial charge in [-0.05, 0) is 49.2 Å². The number of anilines is 2. The summed E-state index contributed by atoms with van der Waals surface area (Å²) in [4.78, 5) is 24.5. The third-order valence-electron chi connectivity index (χ3n) is 4.51. The molecule has 0 saturated heterocycles. The van der Waals surface area contributed by atoms with Gasteiger partial charge < -0.3 is 15.2 Å². The Bertz CT molecular complexity index is 1080. The molecule has 1 aromatic heterocycles. The number of carbonyl (C=O) groups excluding carboxylic acids is 2. The van der Waals surface area contributed by atoms with E-state index in [1.54, 1.807) is 35.9 Å². The Hall–Kier alpha value is -2.84. The molecule has 2 amide bonds. The van der Waals surface area contributed by atoms with Gasteiger partial charge in [-0.25, -0.2) is 0 Å². The summed E-state index contributed by atoms with van der Waals surface area (Å²) in [5.41, 5.74) is 3.60. The number of aromatic nitrogens is 3. The minimum atomic E-state index is -0.248. The number of para-hydroxylation sites is 1. The average molecular weight is 444 g/mol. The van der Waals surface area contributed by atoms with Gasteiger partial charge in [-0.3, -0.25) is 9.59 Å². The summed E-state index contributed by atoms with van der Waals surface area (Å²) in [6.07, 6.45) is 0.0458. The van der Waals surface area contributed by atoms with E-state index >= 15 is 0 Å². The van der Waals surface area contributed by atoms with E-state index in [1.165, 1.54) is 17.3 Å². The zero-order valence-corrected chi connectivity index (χ0v) is 18.5. The quantitative estimate of drug-likeness (QED) is 0.539. The van der Waals surface area contributed by atoms with Gasteiger partial charge in [0.2, 0.25) is 11.8 Å². The number of rotatable bonds is 7. The zero-order chi connectivity index (χ0) is 21.7. The molecule has 2 N–H and O–H groups in total. The van der Waals surface area contributed by atoms with Crippen molar-refractivity contribution in [2.45, 2.75) is 25.4 Å². The monoisotopic (exact) mass is 443 g/mol. The van der Waals surface area contributed by atoms with Gasteiger partial charge in [0.05, 0.1) is 22.9 Å². The van der Waals surface area contributed by atoms with Gasteiger partial charge >= 0.3 is 0 Å². The van der Waals surface area contributed by atoms with Gasteiger partial charge in [0.15, 0.2) is 5.16 Å². The summed E-state index contributed by atoms with van der Waals surface area (Å²) in [6.45, 7) is 4.03. The standard InChI is InChI=1S/C21H22ClN5O2S/c1-13-8-9-15(10-14(13)2)23-20(29)12-30-21-26-25-18(27(21)3)11-19(28)24-17-7-5-4-6-16(17)22/h4-10H,11-12H2,1-3H3,(H,23,29)(H,24,28). The van der Waals surface area contributed by atoms with Gasteiger partial charge in [0.25, 0.3) is 0 Å². The van der Waals surface area contributed by atoms with Crippen molar-refractivity contribution in [3.8, 4) is 0 Å². The molecule has 0 spiro atoms. The van der Waals surface area contributed by atoms with E-state index in [0.29, 0.717) is 21.7 Å². The minimum absolute atomic E-state index is 0.0458. The van der Waals surface area contributed by atoms with Crippen molar-refractivity contribution in [1.82, 2.24) is 14.8 Å². The molecule has 0 aliphatic heterocycles. The first-order chi connectivity index (χ1) is 14.3. The molecular weight excluding hydrogens is 422 g/mol. The van der Waals surface area contributed by atoms with E-state index in [4.69, 9.17) is 11.6 Å². The first-order valence-corrected chi connectivity index (χ1v) is 10.6. The third kappa shape index (κ3) is 5.61. The number of nitrogens with zero attached hydrogens (tertiary/aromatic N) is 3. The van der Waals surface area contributed by atoms with Crippen LogP contribution in [0.3, 0.4) is 0 Å². The van der Waals surface area contributed by atoms with E-state index in [9.17, 15) is 9.59 Å². The van der Waals surface area contributed by atoms with Crippen LogP contribution in [-0.4, -0.2) is 32.3 Å². The maximum atomic E-state index is 12.3. The van der Waals surface area contributed by atoms with Gasteiger partial charge in [-0.1, -0.05) is 41.6 Å². The molecule has 2 aromatic carbocycles. The fourth-order valence-electron chi connectivity index (χ4n) is 2.67. The number of hydrogen-bond acceptors (Lipinski definition) is 5. The number of aryl methyl sites for hydroxylation is 2. The minimum Gasteiger partial charge on any atom is -0.325 e. The molecule has 0 bridgehead atoms. The van der Waals surface area contributed by atoms with E-state index in [1.807, 2.05) is 32.0 Å². The molecule has 3 rings (SSSR count). The summed E-state index contributed by atoms with van der Waals surface area (Å²) in [5.74, 6) is 0.300. The second-order valence-corrected chi connectivity index (χ2v) is 8.15. The number of halogens is 1. The molecule has 0 fully saturated rings. The molecular formula is C21H22ClN5O2S.